The first kappa shape index (κ1) is 46.3. The number of halogens is 1. The van der Waals surface area contributed by atoms with Crippen LogP contribution < -0.4 is 36.6 Å². The number of nitrogens with one attached hydrogen (secondary N) is 3. The fraction of sp³-hybridized carbons (Fsp3) is 0.440. The number of carbonyl (C=O) groups excluding carboxylic acids is 2. The van der Waals surface area contributed by atoms with Crippen molar-refractivity contribution >= 4 is 91.4 Å². The van der Waals surface area contributed by atoms with Crippen molar-refractivity contribution in [2.24, 2.45) is 0 Å². The summed E-state index contributed by atoms with van der Waals surface area (Å²) >= 11 is 3.69. The Morgan fingerprint density at radius 1 is 0.926 bits per heavy atom. The van der Waals surface area contributed by atoms with Crippen molar-refractivity contribution in [1.29, 1.82) is 0 Å². The zero-order valence-electron chi connectivity index (χ0n) is 38.9. The van der Waals surface area contributed by atoms with Crippen LogP contribution in [0.15, 0.2) is 74.5 Å². The number of anilines is 5. The van der Waals surface area contributed by atoms with Crippen LogP contribution in [0, 0.1) is 6.92 Å². The number of oxazole rings is 1. The van der Waals surface area contributed by atoms with Crippen molar-refractivity contribution in [2.45, 2.75) is 77.3 Å². The molecule has 10 rings (SSSR count). The van der Waals surface area contributed by atoms with E-state index in [0.717, 1.165) is 141 Å². The van der Waals surface area contributed by atoms with Crippen molar-refractivity contribution in [1.82, 2.24) is 34.6 Å². The molecule has 68 heavy (non-hydrogen) atoms. The molecule has 6 aromatic rings. The zero-order valence-corrected chi connectivity index (χ0v) is 41.5. The first-order valence-corrected chi connectivity index (χ1v) is 27.2. The molecule has 3 aromatic heterocycles. The molecule has 1 atom stereocenters. The zero-order chi connectivity index (χ0) is 47.1. The second-order valence-corrected chi connectivity index (χ2v) is 23.2. The number of carbonyl (C=O) groups is 2. The van der Waals surface area contributed by atoms with Gasteiger partial charge in [0.05, 0.1) is 5.52 Å². The molecule has 2 amide bonds. The molecule has 0 aliphatic carbocycles. The van der Waals surface area contributed by atoms with E-state index < -0.39 is 25.2 Å². The molecular weight excluding hydrogens is 947 g/mol. The smallest absolute Gasteiger partial charge is 0.408 e. The molecule has 18 heteroatoms. The van der Waals surface area contributed by atoms with Gasteiger partial charge >= 0.3 is 231 Å². The van der Waals surface area contributed by atoms with Crippen LogP contribution in [0.4, 0.5) is 28.8 Å². The van der Waals surface area contributed by atoms with E-state index >= 15 is 0 Å². The number of nitrogens with zero attached hydrogens (tertiary/aromatic N) is 7. The third-order valence-corrected chi connectivity index (χ3v) is 19.0. The normalized spacial score (nSPS) is 20.0. The summed E-state index contributed by atoms with van der Waals surface area (Å²) in [5, 5.41) is 11.4. The summed E-state index contributed by atoms with van der Waals surface area (Å²) in [6, 6.07) is 18.0. The first-order valence-electron chi connectivity index (χ1n) is 24.1. The van der Waals surface area contributed by atoms with Gasteiger partial charge in [-0.1, -0.05) is 6.07 Å². The Morgan fingerprint density at radius 3 is 2.47 bits per heavy atom. The Balaban J connectivity index is 0.754. The maximum atomic E-state index is 12.8. The number of pyridine rings is 1. The number of hydrogen-bond acceptors (Lipinski definition) is 14. The summed E-state index contributed by atoms with van der Waals surface area (Å²) in [6.07, 6.45) is 9.80. The number of benzene rings is 3. The van der Waals surface area contributed by atoms with E-state index in [1.807, 2.05) is 43.3 Å². The molecule has 4 fully saturated rings. The quantitative estimate of drug-likeness (QED) is 0.0689. The number of methoxy groups -OCH3 is 1. The van der Waals surface area contributed by atoms with Gasteiger partial charge in [0.2, 0.25) is 11.8 Å². The monoisotopic (exact) mass is 1010 g/mol. The summed E-state index contributed by atoms with van der Waals surface area (Å²) < 4.78 is 13.7. The van der Waals surface area contributed by atoms with Gasteiger partial charge in [-0.15, -0.1) is 0 Å². The Bertz CT molecular complexity index is 2940. The topological polar surface area (TPSA) is 183 Å². The molecule has 4 saturated heterocycles. The van der Waals surface area contributed by atoms with Gasteiger partial charge in [0.1, 0.15) is 6.04 Å². The first-order chi connectivity index (χ1) is 33.0. The molecular formula is C50H60BrN10O6P. The van der Waals surface area contributed by atoms with Crippen LogP contribution in [0.5, 0.6) is 5.75 Å². The number of aryl methyl sites for hydroxylation is 2. The van der Waals surface area contributed by atoms with Gasteiger partial charge in [0, 0.05) is 58.3 Å². The molecule has 4 aliphatic heterocycles. The Hall–Kier alpha value is -5.45. The minimum Gasteiger partial charge on any atom is -0.408 e. The van der Waals surface area contributed by atoms with E-state index in [1.54, 1.807) is 13.3 Å². The summed E-state index contributed by atoms with van der Waals surface area (Å²) in [5.74, 6) is 0.385. The van der Waals surface area contributed by atoms with Crippen LogP contribution in [0.2, 0.25) is 0 Å². The Morgan fingerprint density at radius 2 is 1.72 bits per heavy atom. The van der Waals surface area contributed by atoms with E-state index in [-0.39, 0.29) is 18.7 Å². The van der Waals surface area contributed by atoms with Crippen LogP contribution in [-0.4, -0.2) is 117 Å². The Kier molecular flexibility index (Phi) is 13.3. The van der Waals surface area contributed by atoms with E-state index in [1.165, 1.54) is 15.8 Å². The molecule has 1 unspecified atom stereocenters. The van der Waals surface area contributed by atoms with Crippen molar-refractivity contribution in [3.63, 3.8) is 0 Å². The molecule has 3 aromatic carbocycles. The average molecular weight is 1010 g/mol. The van der Waals surface area contributed by atoms with Gasteiger partial charge in [0.15, 0.2) is 5.58 Å². The van der Waals surface area contributed by atoms with Gasteiger partial charge in [-0.2, -0.15) is 0 Å². The number of ether oxygens (including phenoxy) is 1. The van der Waals surface area contributed by atoms with Crippen molar-refractivity contribution in [3.05, 3.63) is 92.6 Å². The molecule has 16 nitrogen and oxygen atoms in total. The second-order valence-electron chi connectivity index (χ2n) is 18.8. The third-order valence-electron chi connectivity index (χ3n) is 14.6. The molecule has 4 N–H and O–H groups in total. The predicted octanol–water partition coefficient (Wildman–Crippen LogP) is 6.94. The molecule has 358 valence electrons. The molecule has 0 saturated carbocycles. The fourth-order valence-corrected chi connectivity index (χ4v) is 15.0. The number of hydrogen-bond donors (Lipinski definition) is 4. The van der Waals surface area contributed by atoms with Gasteiger partial charge in [-0.05, 0) is 43.4 Å². The van der Waals surface area contributed by atoms with Crippen LogP contribution in [0.3, 0.4) is 0 Å². The minimum absolute atomic E-state index is 0.192. The molecule has 4 aliphatic rings. The van der Waals surface area contributed by atoms with Crippen LogP contribution >= 0.6 is 23.4 Å². The average Bonchev–Trinajstić information content (AvgIpc) is 3.93. The summed E-state index contributed by atoms with van der Waals surface area (Å²) in [4.78, 5) is 71.1. The van der Waals surface area contributed by atoms with Crippen molar-refractivity contribution < 1.29 is 23.6 Å². The van der Waals surface area contributed by atoms with Crippen molar-refractivity contribution in [3.8, 4) is 5.75 Å². The number of rotatable bonds is 13. The molecule has 7 heterocycles. The van der Waals surface area contributed by atoms with E-state index in [0.29, 0.717) is 33.4 Å². The number of amides is 2. The number of piperidine rings is 2. The van der Waals surface area contributed by atoms with Gasteiger partial charge in [0.25, 0.3) is 0 Å². The van der Waals surface area contributed by atoms with E-state index in [9.17, 15) is 19.3 Å². The fourth-order valence-electron chi connectivity index (χ4n) is 10.9. The third kappa shape index (κ3) is 9.35. The number of imide groups is 1. The number of piperazine rings is 1. The van der Waals surface area contributed by atoms with E-state index in [4.69, 9.17) is 19.1 Å². The summed E-state index contributed by atoms with van der Waals surface area (Å²) in [6.45, 7) is 11.1. The van der Waals surface area contributed by atoms with Crippen LogP contribution in [0.1, 0.15) is 68.3 Å². The second kappa shape index (κ2) is 19.5. The van der Waals surface area contributed by atoms with Gasteiger partial charge in [-0.3, -0.25) is 24.4 Å². The molecule has 0 radical (unpaired) electrons. The van der Waals surface area contributed by atoms with Gasteiger partial charge in [-0.25, -0.2) is 4.79 Å². The minimum atomic E-state index is -2.74. The predicted molar refractivity (Wildman–Crippen MR) is 273 cm³/mol. The summed E-state index contributed by atoms with van der Waals surface area (Å²) in [5.41, 5.74) is 8.04. The van der Waals surface area contributed by atoms with E-state index in [2.05, 4.69) is 76.7 Å². The number of aromatic nitrogens is 4. The van der Waals surface area contributed by atoms with Crippen LogP contribution in [-0.2, 0) is 22.4 Å². The summed E-state index contributed by atoms with van der Waals surface area (Å²) in [7, 11) is -1.04. The SMILES string of the molecule is CCc1cc(Nc2ncc(Br)c(Nc3ccc4nc(C)ccc4c3[PH]3(O)CCCC3)n2)c(OC)cc1N1CCC(N2CCN(CCc3ccc4c(c3)oc(=O)n4C3CCC(=O)NC3=O)CC2)CC1. The van der Waals surface area contributed by atoms with Gasteiger partial charge < -0.3 is 9.32 Å². The maximum absolute atomic E-state index is 12.8. The van der Waals surface area contributed by atoms with Crippen LogP contribution in [0.25, 0.3) is 22.0 Å². The number of fused-ring (bicyclic) bond motifs is 2. The standard InChI is InChI=1S/C50H60BrN10O6P/c1-4-33-28-39(55-49-52-30-36(51)47(57-49)54-38-11-10-37-35(9-7-31(2)53-37)46(38)68(65)25-5-6-26-68)43(66-3)29-42(33)60-19-16-34(17-20-60)59-23-21-58(22-24-59)18-15-32-8-12-40-44(27-32)67-50(64)61(40)41-13-14-45(62)56-48(41)63/h7-12,27-30,34,41,65,68H,4-6,13-26H2,1-3H3,(H,56,62,63)(H2,52,54,55,57). The Labute approximate surface area is 404 Å². The molecule has 0 bridgehead atoms. The van der Waals surface area contributed by atoms with Crippen molar-refractivity contribution in [2.75, 3.05) is 80.8 Å². The molecule has 0 spiro atoms.